The van der Waals surface area contributed by atoms with Crippen molar-refractivity contribution in [2.75, 3.05) is 32.7 Å². The average Bonchev–Trinajstić information content (AvgIpc) is 2.56. The highest BCUT2D eigenvalue weighted by Crippen LogP contribution is 2.27. The fourth-order valence-corrected chi connectivity index (χ4v) is 3.43. The van der Waals surface area contributed by atoms with Gasteiger partial charge in [-0.2, -0.15) is 0 Å². The maximum atomic E-state index is 6.06. The lowest BCUT2D eigenvalue weighted by Gasteiger charge is -2.31. The van der Waals surface area contributed by atoms with E-state index < -0.39 is 0 Å². The second kappa shape index (κ2) is 7.77. The monoisotopic (exact) mass is 426 g/mol. The number of nitrogens with zero attached hydrogens (tertiary/aromatic N) is 1. The van der Waals surface area contributed by atoms with Crippen molar-refractivity contribution in [2.24, 2.45) is 0 Å². The van der Waals surface area contributed by atoms with Gasteiger partial charge >= 0.3 is 0 Å². The zero-order valence-corrected chi connectivity index (χ0v) is 15.3. The number of nitrogens with one attached hydrogen (secondary N) is 1. The third-order valence-corrected chi connectivity index (χ3v) is 5.17. The molecule has 1 fully saturated rings. The van der Waals surface area contributed by atoms with Gasteiger partial charge in [-0.15, -0.1) is 0 Å². The Kier molecular flexibility index (Phi) is 5.74. The number of benzene rings is 2. The number of rotatable bonds is 4. The molecule has 0 aromatic heterocycles. The molecule has 3 rings (SSSR count). The second-order valence-electron chi connectivity index (χ2n) is 5.71. The van der Waals surface area contributed by atoms with Crippen molar-refractivity contribution in [3.05, 3.63) is 68.3 Å². The van der Waals surface area contributed by atoms with Crippen LogP contribution in [0.5, 0.6) is 0 Å². The number of halogens is 2. The Balaban J connectivity index is 1.86. The van der Waals surface area contributed by atoms with Gasteiger partial charge in [0.15, 0.2) is 0 Å². The highest BCUT2D eigenvalue weighted by atomic mass is 127. The smallest absolute Gasteiger partial charge is 0.0406 e. The molecule has 116 valence electrons. The third kappa shape index (κ3) is 4.22. The Morgan fingerprint density at radius 3 is 2.09 bits per heavy atom. The molecule has 0 aliphatic carbocycles. The van der Waals surface area contributed by atoms with Crippen LogP contribution < -0.4 is 5.32 Å². The molecule has 1 atom stereocenters. The van der Waals surface area contributed by atoms with E-state index >= 15 is 0 Å². The molecule has 0 radical (unpaired) electrons. The Morgan fingerprint density at radius 1 is 0.955 bits per heavy atom. The van der Waals surface area contributed by atoms with Gasteiger partial charge < -0.3 is 5.32 Å². The van der Waals surface area contributed by atoms with Crippen molar-refractivity contribution in [3.8, 4) is 0 Å². The summed E-state index contributed by atoms with van der Waals surface area (Å²) in [4.78, 5) is 2.55. The first-order valence-corrected chi connectivity index (χ1v) is 9.12. The summed E-state index contributed by atoms with van der Waals surface area (Å²) in [5.41, 5.74) is 2.71. The lowest BCUT2D eigenvalue weighted by molar-refractivity contribution is 0.234. The first kappa shape index (κ1) is 16.2. The molecule has 0 saturated carbocycles. The van der Waals surface area contributed by atoms with E-state index in [1.807, 2.05) is 12.1 Å². The van der Waals surface area contributed by atoms with Crippen LogP contribution in [-0.4, -0.2) is 37.6 Å². The van der Waals surface area contributed by atoms with Gasteiger partial charge in [-0.3, -0.25) is 4.90 Å². The van der Waals surface area contributed by atoms with Crippen LogP contribution in [0.3, 0.4) is 0 Å². The van der Waals surface area contributed by atoms with Gasteiger partial charge in [0.05, 0.1) is 0 Å². The maximum Gasteiger partial charge on any atom is 0.0406 e. The first-order chi connectivity index (χ1) is 10.7. The van der Waals surface area contributed by atoms with E-state index in [1.54, 1.807) is 0 Å². The molecule has 1 N–H and O–H groups in total. The molecule has 1 aliphatic heterocycles. The molecule has 1 heterocycles. The molecule has 22 heavy (non-hydrogen) atoms. The highest BCUT2D eigenvalue weighted by molar-refractivity contribution is 14.1. The van der Waals surface area contributed by atoms with Crippen molar-refractivity contribution < 1.29 is 0 Å². The van der Waals surface area contributed by atoms with Crippen LogP contribution in [-0.2, 0) is 0 Å². The predicted molar refractivity (Wildman–Crippen MR) is 102 cm³/mol. The van der Waals surface area contributed by atoms with E-state index in [2.05, 4.69) is 69.2 Å². The Morgan fingerprint density at radius 2 is 1.50 bits per heavy atom. The van der Waals surface area contributed by atoms with Crippen LogP contribution in [0.2, 0.25) is 5.02 Å². The molecule has 2 aromatic carbocycles. The molecule has 2 aromatic rings. The molecule has 0 bridgehead atoms. The maximum absolute atomic E-state index is 6.06. The third-order valence-electron chi connectivity index (χ3n) is 4.20. The largest absolute Gasteiger partial charge is 0.314 e. The lowest BCUT2D eigenvalue weighted by atomic mass is 9.90. The number of hydrogen-bond acceptors (Lipinski definition) is 2. The molecule has 0 spiro atoms. The molecular formula is C18H20ClIN2. The fourth-order valence-electron chi connectivity index (χ4n) is 2.95. The standard InChI is InChI=1S/C18H20ClIN2/c19-16-5-1-14(2-6-16)18(13-22-11-9-21-10-12-22)15-3-7-17(20)8-4-15/h1-8,18,21H,9-13H2. The summed E-state index contributed by atoms with van der Waals surface area (Å²) in [6.07, 6.45) is 0. The lowest BCUT2D eigenvalue weighted by Crippen LogP contribution is -2.45. The summed E-state index contributed by atoms with van der Waals surface area (Å²) in [7, 11) is 0. The molecule has 0 amide bonds. The van der Waals surface area contributed by atoms with Gasteiger partial charge in [-0.05, 0) is 58.0 Å². The summed E-state index contributed by atoms with van der Waals surface area (Å²) in [6, 6.07) is 17.2. The zero-order valence-electron chi connectivity index (χ0n) is 12.4. The summed E-state index contributed by atoms with van der Waals surface area (Å²) in [5, 5.41) is 4.22. The van der Waals surface area contributed by atoms with E-state index in [0.29, 0.717) is 5.92 Å². The molecule has 4 heteroatoms. The van der Waals surface area contributed by atoms with Gasteiger partial charge in [0.2, 0.25) is 0 Å². The van der Waals surface area contributed by atoms with E-state index in [-0.39, 0.29) is 0 Å². The molecular weight excluding hydrogens is 407 g/mol. The van der Waals surface area contributed by atoms with Crippen molar-refractivity contribution in [2.45, 2.75) is 5.92 Å². The van der Waals surface area contributed by atoms with Gasteiger partial charge in [-0.25, -0.2) is 0 Å². The Labute approximate surface area is 151 Å². The van der Waals surface area contributed by atoms with Crippen LogP contribution >= 0.6 is 34.2 Å². The average molecular weight is 427 g/mol. The quantitative estimate of drug-likeness (QED) is 0.744. The van der Waals surface area contributed by atoms with Gasteiger partial charge in [0.25, 0.3) is 0 Å². The molecule has 1 saturated heterocycles. The van der Waals surface area contributed by atoms with E-state index in [1.165, 1.54) is 14.7 Å². The highest BCUT2D eigenvalue weighted by Gasteiger charge is 2.19. The van der Waals surface area contributed by atoms with Crippen LogP contribution in [0.4, 0.5) is 0 Å². The van der Waals surface area contributed by atoms with Crippen molar-refractivity contribution in [1.82, 2.24) is 10.2 Å². The Bertz CT molecular complexity index is 546. The molecule has 1 unspecified atom stereocenters. The molecule has 1 aliphatic rings. The van der Waals surface area contributed by atoms with Crippen LogP contribution in [0, 0.1) is 3.57 Å². The van der Waals surface area contributed by atoms with Gasteiger partial charge in [-0.1, -0.05) is 35.9 Å². The zero-order chi connectivity index (χ0) is 15.4. The fraction of sp³-hybridized carbons (Fsp3) is 0.333. The minimum Gasteiger partial charge on any atom is -0.314 e. The van der Waals surface area contributed by atoms with Crippen molar-refractivity contribution >= 4 is 34.2 Å². The number of piperazine rings is 1. The van der Waals surface area contributed by atoms with E-state index in [0.717, 1.165) is 37.7 Å². The Hall–Kier alpha value is -0.620. The topological polar surface area (TPSA) is 15.3 Å². The SMILES string of the molecule is Clc1ccc(C(CN2CCNCC2)c2ccc(I)cc2)cc1. The second-order valence-corrected chi connectivity index (χ2v) is 7.39. The van der Waals surface area contributed by atoms with Crippen molar-refractivity contribution in [3.63, 3.8) is 0 Å². The normalized spacial score (nSPS) is 17.4. The summed E-state index contributed by atoms with van der Waals surface area (Å²) < 4.78 is 1.28. The van der Waals surface area contributed by atoms with Crippen LogP contribution in [0.1, 0.15) is 17.0 Å². The van der Waals surface area contributed by atoms with E-state index in [4.69, 9.17) is 11.6 Å². The minimum absolute atomic E-state index is 0.396. The van der Waals surface area contributed by atoms with Crippen molar-refractivity contribution in [1.29, 1.82) is 0 Å². The van der Waals surface area contributed by atoms with E-state index in [9.17, 15) is 0 Å². The summed E-state index contributed by atoms with van der Waals surface area (Å²) in [6.45, 7) is 5.47. The van der Waals surface area contributed by atoms with Crippen LogP contribution in [0.25, 0.3) is 0 Å². The molecule has 2 nitrogen and oxygen atoms in total. The van der Waals surface area contributed by atoms with Crippen LogP contribution in [0.15, 0.2) is 48.5 Å². The summed E-state index contributed by atoms with van der Waals surface area (Å²) >= 11 is 8.41. The minimum atomic E-state index is 0.396. The summed E-state index contributed by atoms with van der Waals surface area (Å²) in [5.74, 6) is 0.396. The van der Waals surface area contributed by atoms with Gasteiger partial charge in [0, 0.05) is 47.2 Å². The first-order valence-electron chi connectivity index (χ1n) is 7.66. The van der Waals surface area contributed by atoms with Gasteiger partial charge in [0.1, 0.15) is 0 Å². The number of hydrogen-bond donors (Lipinski definition) is 1. The predicted octanol–water partition coefficient (Wildman–Crippen LogP) is 3.98.